The number of likely N-dealkylation sites (N-methyl/N-ethyl adjacent to an activating group) is 1. The Morgan fingerprint density at radius 2 is 2.30 bits per heavy atom. The summed E-state index contributed by atoms with van der Waals surface area (Å²) in [6.45, 7) is 1.97. The van der Waals surface area contributed by atoms with Gasteiger partial charge in [-0.25, -0.2) is 4.98 Å². The van der Waals surface area contributed by atoms with Crippen molar-refractivity contribution in [2.24, 2.45) is 0 Å². The molecule has 1 aromatic heterocycles. The van der Waals surface area contributed by atoms with Crippen LogP contribution in [0.15, 0.2) is 18.2 Å². The van der Waals surface area contributed by atoms with Gasteiger partial charge >= 0.3 is 0 Å². The van der Waals surface area contributed by atoms with E-state index in [1.165, 1.54) is 11.3 Å². The highest BCUT2D eigenvalue weighted by atomic mass is 35.5. The van der Waals surface area contributed by atoms with E-state index in [1.807, 2.05) is 25.1 Å². The quantitative estimate of drug-likeness (QED) is 0.863. The van der Waals surface area contributed by atoms with Crippen molar-refractivity contribution < 1.29 is 14.3 Å². The molecule has 1 aliphatic rings. The highest BCUT2D eigenvalue weighted by molar-refractivity contribution is 7.16. The van der Waals surface area contributed by atoms with Crippen molar-refractivity contribution in [2.75, 3.05) is 29.8 Å². The lowest BCUT2D eigenvalue weighted by Crippen LogP contribution is -2.35. The highest BCUT2D eigenvalue weighted by Gasteiger charge is 2.23. The topological polar surface area (TPSA) is 71.5 Å². The standard InChI is InChI=1S/C15H14ClN3O3S/c1-8-14(18-15(23-8)17-12(20)6-16)9-3-4-11-10(5-9)19(2)13(21)7-22-11/h3-5H,6-7H2,1-2H3,(H,17,18,20). The van der Waals surface area contributed by atoms with Crippen LogP contribution in [0, 0.1) is 6.92 Å². The van der Waals surface area contributed by atoms with E-state index in [1.54, 1.807) is 11.9 Å². The number of nitrogens with one attached hydrogen (secondary N) is 1. The SMILES string of the molecule is Cc1sc(NC(=O)CCl)nc1-c1ccc2c(c1)N(C)C(=O)CO2. The van der Waals surface area contributed by atoms with Gasteiger partial charge in [0, 0.05) is 17.5 Å². The van der Waals surface area contributed by atoms with Crippen molar-refractivity contribution in [1.29, 1.82) is 0 Å². The molecule has 0 fully saturated rings. The van der Waals surface area contributed by atoms with Crippen molar-refractivity contribution in [3.8, 4) is 17.0 Å². The molecule has 0 spiro atoms. The molecule has 0 atom stereocenters. The molecule has 8 heteroatoms. The number of carbonyl (C=O) groups is 2. The summed E-state index contributed by atoms with van der Waals surface area (Å²) in [6.07, 6.45) is 0. The summed E-state index contributed by atoms with van der Waals surface area (Å²) in [5.74, 6) is 0.159. The van der Waals surface area contributed by atoms with Gasteiger partial charge < -0.3 is 15.0 Å². The van der Waals surface area contributed by atoms with Crippen molar-refractivity contribution in [2.45, 2.75) is 6.92 Å². The third kappa shape index (κ3) is 3.02. The zero-order chi connectivity index (χ0) is 16.6. The predicted molar refractivity (Wildman–Crippen MR) is 90.5 cm³/mol. The molecule has 1 aliphatic heterocycles. The minimum absolute atomic E-state index is 0.0488. The number of halogens is 1. The van der Waals surface area contributed by atoms with Crippen LogP contribution in [0.2, 0.25) is 0 Å². The maximum Gasteiger partial charge on any atom is 0.264 e. The lowest BCUT2D eigenvalue weighted by molar-refractivity contribution is -0.121. The van der Waals surface area contributed by atoms with Gasteiger partial charge in [-0.3, -0.25) is 9.59 Å². The van der Waals surface area contributed by atoms with E-state index in [0.29, 0.717) is 16.6 Å². The maximum absolute atomic E-state index is 11.8. The molecule has 0 saturated heterocycles. The van der Waals surface area contributed by atoms with Crippen LogP contribution in [0.1, 0.15) is 4.88 Å². The van der Waals surface area contributed by atoms with Crippen molar-refractivity contribution in [3.05, 3.63) is 23.1 Å². The van der Waals surface area contributed by atoms with E-state index in [4.69, 9.17) is 16.3 Å². The van der Waals surface area contributed by atoms with Crippen LogP contribution in [0.3, 0.4) is 0 Å². The molecule has 1 N–H and O–H groups in total. The minimum Gasteiger partial charge on any atom is -0.482 e. The van der Waals surface area contributed by atoms with Gasteiger partial charge in [-0.15, -0.1) is 22.9 Å². The fraction of sp³-hybridized carbons (Fsp3) is 0.267. The summed E-state index contributed by atoms with van der Waals surface area (Å²) in [6, 6.07) is 5.57. The number of aromatic nitrogens is 1. The molecule has 0 radical (unpaired) electrons. The Kier molecular flexibility index (Phi) is 4.23. The molecule has 3 rings (SSSR count). The van der Waals surface area contributed by atoms with Crippen LogP contribution in [0.25, 0.3) is 11.3 Å². The molecule has 0 unspecified atom stereocenters. The number of carbonyl (C=O) groups excluding carboxylic acids is 2. The Labute approximate surface area is 142 Å². The number of aryl methyl sites for hydroxylation is 1. The summed E-state index contributed by atoms with van der Waals surface area (Å²) in [5.41, 5.74) is 2.32. The number of thiazole rings is 1. The number of hydrogen-bond acceptors (Lipinski definition) is 5. The number of nitrogens with zero attached hydrogens (tertiary/aromatic N) is 2. The number of rotatable bonds is 3. The number of ether oxygens (including phenoxy) is 1. The number of fused-ring (bicyclic) bond motifs is 1. The second-order valence-electron chi connectivity index (χ2n) is 5.03. The Balaban J connectivity index is 1.96. The number of anilines is 2. The van der Waals surface area contributed by atoms with Gasteiger partial charge in [0.05, 0.1) is 11.4 Å². The van der Waals surface area contributed by atoms with Gasteiger partial charge in [0.1, 0.15) is 11.6 Å². The second kappa shape index (κ2) is 6.17. The number of amides is 2. The lowest BCUT2D eigenvalue weighted by Gasteiger charge is -2.26. The van der Waals surface area contributed by atoms with Crippen LogP contribution in [-0.4, -0.2) is 36.3 Å². The van der Waals surface area contributed by atoms with Crippen LogP contribution in [0.4, 0.5) is 10.8 Å². The summed E-state index contributed by atoms with van der Waals surface area (Å²) in [4.78, 5) is 30.1. The van der Waals surface area contributed by atoms with E-state index in [2.05, 4.69) is 10.3 Å². The molecule has 2 amide bonds. The van der Waals surface area contributed by atoms with E-state index in [0.717, 1.165) is 16.1 Å². The van der Waals surface area contributed by atoms with Crippen molar-refractivity contribution in [1.82, 2.24) is 4.98 Å². The summed E-state index contributed by atoms with van der Waals surface area (Å²) < 4.78 is 5.42. The van der Waals surface area contributed by atoms with Gasteiger partial charge in [-0.05, 0) is 25.1 Å². The Hall–Kier alpha value is -2.12. The number of benzene rings is 1. The highest BCUT2D eigenvalue weighted by Crippen LogP contribution is 2.37. The third-order valence-electron chi connectivity index (χ3n) is 3.48. The lowest BCUT2D eigenvalue weighted by atomic mass is 10.1. The average molecular weight is 352 g/mol. The van der Waals surface area contributed by atoms with Crippen molar-refractivity contribution in [3.63, 3.8) is 0 Å². The first-order valence-corrected chi connectivity index (χ1v) is 8.21. The second-order valence-corrected chi connectivity index (χ2v) is 6.50. The van der Waals surface area contributed by atoms with E-state index < -0.39 is 0 Å². The third-order valence-corrected chi connectivity index (χ3v) is 4.61. The molecule has 0 saturated carbocycles. The van der Waals surface area contributed by atoms with Crippen LogP contribution < -0.4 is 15.0 Å². The minimum atomic E-state index is -0.295. The Morgan fingerprint density at radius 1 is 1.52 bits per heavy atom. The Morgan fingerprint density at radius 3 is 3.04 bits per heavy atom. The number of hydrogen-bond donors (Lipinski definition) is 1. The largest absolute Gasteiger partial charge is 0.482 e. The molecule has 23 heavy (non-hydrogen) atoms. The zero-order valence-electron chi connectivity index (χ0n) is 12.6. The molecular formula is C15H14ClN3O3S. The molecule has 0 aliphatic carbocycles. The van der Waals surface area contributed by atoms with Crippen LogP contribution >= 0.6 is 22.9 Å². The smallest absolute Gasteiger partial charge is 0.264 e. The van der Waals surface area contributed by atoms with Gasteiger partial charge in [0.2, 0.25) is 5.91 Å². The monoisotopic (exact) mass is 351 g/mol. The average Bonchev–Trinajstić information content (AvgIpc) is 2.91. The van der Waals surface area contributed by atoms with Gasteiger partial charge in [-0.2, -0.15) is 0 Å². The van der Waals surface area contributed by atoms with Crippen LogP contribution in [0.5, 0.6) is 5.75 Å². The summed E-state index contributed by atoms with van der Waals surface area (Å²) in [7, 11) is 1.72. The number of alkyl halides is 1. The maximum atomic E-state index is 11.8. The molecular weight excluding hydrogens is 338 g/mol. The van der Waals surface area contributed by atoms with Gasteiger partial charge in [0.25, 0.3) is 5.91 Å². The fourth-order valence-corrected chi connectivity index (χ4v) is 3.21. The normalized spacial score (nSPS) is 13.5. The van der Waals surface area contributed by atoms with E-state index in [-0.39, 0.29) is 24.3 Å². The van der Waals surface area contributed by atoms with Gasteiger partial charge in [0.15, 0.2) is 11.7 Å². The fourth-order valence-electron chi connectivity index (χ4n) is 2.29. The first-order valence-electron chi connectivity index (χ1n) is 6.86. The molecule has 0 bridgehead atoms. The van der Waals surface area contributed by atoms with Crippen LogP contribution in [-0.2, 0) is 9.59 Å². The van der Waals surface area contributed by atoms with E-state index >= 15 is 0 Å². The summed E-state index contributed by atoms with van der Waals surface area (Å²) in [5, 5.41) is 3.15. The molecule has 1 aromatic carbocycles. The first kappa shape index (κ1) is 15.8. The summed E-state index contributed by atoms with van der Waals surface area (Å²) >= 11 is 6.87. The van der Waals surface area contributed by atoms with Gasteiger partial charge in [-0.1, -0.05) is 0 Å². The molecule has 6 nitrogen and oxygen atoms in total. The predicted octanol–water partition coefficient (Wildman–Crippen LogP) is 2.65. The van der Waals surface area contributed by atoms with E-state index in [9.17, 15) is 9.59 Å². The zero-order valence-corrected chi connectivity index (χ0v) is 14.1. The van der Waals surface area contributed by atoms with Crippen molar-refractivity contribution >= 4 is 45.6 Å². The Bertz CT molecular complexity index is 790. The molecule has 2 heterocycles. The molecule has 120 valence electrons. The molecule has 2 aromatic rings. The first-order chi connectivity index (χ1) is 11.0.